The van der Waals surface area contributed by atoms with Gasteiger partial charge in [0.1, 0.15) is 0 Å². The molecule has 5 rings (SSSR count). The van der Waals surface area contributed by atoms with E-state index in [4.69, 9.17) is 21.3 Å². The fourth-order valence-corrected chi connectivity index (χ4v) is 3.79. The molecule has 0 saturated heterocycles. The van der Waals surface area contributed by atoms with Crippen molar-refractivity contribution >= 4 is 24.0 Å². The summed E-state index contributed by atoms with van der Waals surface area (Å²) >= 11 is 6.28. The van der Waals surface area contributed by atoms with Crippen molar-refractivity contribution in [2.24, 2.45) is 0 Å². The normalized spacial score (nSPS) is 11.7. The van der Waals surface area contributed by atoms with Gasteiger partial charge in [-0.05, 0) is 37.3 Å². The zero-order valence-electron chi connectivity index (χ0n) is 16.2. The van der Waals surface area contributed by atoms with Crippen molar-refractivity contribution in [1.82, 2.24) is 28.9 Å². The van der Waals surface area contributed by atoms with Gasteiger partial charge in [-0.2, -0.15) is 5.10 Å². The van der Waals surface area contributed by atoms with Gasteiger partial charge in [0.2, 0.25) is 0 Å². The maximum atomic E-state index is 12.5. The topological polar surface area (TPSA) is 79.8 Å². The average molecular weight is 445 g/mol. The molecule has 0 unspecified atom stereocenters. The number of hydrogen-bond donors (Lipinski definition) is 0. The quantitative estimate of drug-likeness (QED) is 0.427. The van der Waals surface area contributed by atoms with Gasteiger partial charge >= 0.3 is 0 Å². The van der Waals surface area contributed by atoms with E-state index in [9.17, 15) is 4.79 Å². The molecule has 30 heavy (non-hydrogen) atoms. The van der Waals surface area contributed by atoms with Crippen LogP contribution in [0, 0.1) is 6.92 Å². The molecule has 0 amide bonds. The van der Waals surface area contributed by atoms with Crippen molar-refractivity contribution in [3.8, 4) is 22.8 Å². The Morgan fingerprint density at radius 2 is 2.10 bits per heavy atom. The van der Waals surface area contributed by atoms with Crippen LogP contribution in [0.3, 0.4) is 0 Å². The second-order valence-electron chi connectivity index (χ2n) is 6.83. The second-order valence-corrected chi connectivity index (χ2v) is 7.26. The number of nitrogens with zero attached hydrogens (tertiary/aromatic N) is 6. The summed E-state index contributed by atoms with van der Waals surface area (Å²) in [5.74, 6) is 1.52. The first-order chi connectivity index (χ1) is 14.0. The zero-order valence-corrected chi connectivity index (χ0v) is 17.8. The highest BCUT2D eigenvalue weighted by atomic mass is 35.5. The van der Waals surface area contributed by atoms with Gasteiger partial charge in [-0.25, -0.2) is 14.6 Å². The molecule has 1 aliphatic heterocycles. The van der Waals surface area contributed by atoms with Crippen molar-refractivity contribution < 1.29 is 4.74 Å². The SMILES string of the molecule is COc1cccn(Cc2nc3n(n2)Cc2c(C)ncn2-c2ccc(Cl)cc2-3)c1=O.Cl. The van der Waals surface area contributed by atoms with Crippen molar-refractivity contribution in [1.29, 1.82) is 0 Å². The molecule has 0 saturated carbocycles. The predicted molar refractivity (Wildman–Crippen MR) is 115 cm³/mol. The summed E-state index contributed by atoms with van der Waals surface area (Å²) in [5.41, 5.74) is 3.55. The van der Waals surface area contributed by atoms with Crippen LogP contribution in [0.5, 0.6) is 5.75 Å². The third kappa shape index (κ3) is 3.18. The van der Waals surface area contributed by atoms with Crippen molar-refractivity contribution in [2.75, 3.05) is 7.11 Å². The first-order valence-electron chi connectivity index (χ1n) is 9.05. The lowest BCUT2D eigenvalue weighted by Gasteiger charge is -2.09. The van der Waals surface area contributed by atoms with E-state index in [0.717, 1.165) is 22.6 Å². The van der Waals surface area contributed by atoms with Gasteiger partial charge in [0.05, 0.1) is 43.6 Å². The van der Waals surface area contributed by atoms with Crippen LogP contribution in [-0.4, -0.2) is 36.0 Å². The number of aromatic nitrogens is 6. The van der Waals surface area contributed by atoms with Crippen LogP contribution in [0.25, 0.3) is 17.1 Å². The number of imidazole rings is 1. The van der Waals surface area contributed by atoms with E-state index in [1.54, 1.807) is 24.7 Å². The molecular weight excluding hydrogens is 427 g/mol. The minimum atomic E-state index is -0.225. The van der Waals surface area contributed by atoms with Gasteiger partial charge in [-0.1, -0.05) is 11.6 Å². The fraction of sp³-hybridized carbons (Fsp3) is 0.200. The lowest BCUT2D eigenvalue weighted by atomic mass is 10.1. The van der Waals surface area contributed by atoms with Crippen LogP contribution in [0.4, 0.5) is 0 Å². The molecule has 1 aromatic carbocycles. The molecule has 4 aromatic rings. The molecule has 0 fully saturated rings. The summed E-state index contributed by atoms with van der Waals surface area (Å²) in [6, 6.07) is 9.08. The molecule has 154 valence electrons. The highest BCUT2D eigenvalue weighted by molar-refractivity contribution is 6.31. The Balaban J connectivity index is 0.00000218. The molecule has 3 aromatic heterocycles. The van der Waals surface area contributed by atoms with Crippen molar-refractivity contribution in [3.63, 3.8) is 0 Å². The summed E-state index contributed by atoms with van der Waals surface area (Å²) in [6.07, 6.45) is 3.50. The Kier molecular flexibility index (Phi) is 5.13. The van der Waals surface area contributed by atoms with Gasteiger partial charge in [-0.15, -0.1) is 12.4 Å². The Labute approximate surface area is 183 Å². The van der Waals surface area contributed by atoms with E-state index >= 15 is 0 Å². The summed E-state index contributed by atoms with van der Waals surface area (Å²) < 4.78 is 10.5. The summed E-state index contributed by atoms with van der Waals surface area (Å²) in [5, 5.41) is 5.29. The largest absolute Gasteiger partial charge is 0.491 e. The minimum Gasteiger partial charge on any atom is -0.491 e. The highest BCUT2D eigenvalue weighted by Gasteiger charge is 2.24. The number of aryl methyl sites for hydroxylation is 1. The maximum Gasteiger partial charge on any atom is 0.293 e. The standard InChI is InChI=1S/C20H17ClN6O2.ClH/c1-12-16-9-27-19(14-8-13(21)5-6-15(14)26(16)11-22-12)23-18(24-27)10-25-7-3-4-17(29-2)20(25)28;/h3-8,11H,9-10H2,1-2H3;1H. The number of rotatable bonds is 3. The molecule has 8 nitrogen and oxygen atoms in total. The Bertz CT molecular complexity index is 1310. The van der Waals surface area contributed by atoms with Crippen LogP contribution in [0.2, 0.25) is 5.02 Å². The van der Waals surface area contributed by atoms with Crippen LogP contribution in [0.15, 0.2) is 47.7 Å². The van der Waals surface area contributed by atoms with Gasteiger partial charge in [0.15, 0.2) is 17.4 Å². The smallest absolute Gasteiger partial charge is 0.293 e. The third-order valence-corrected chi connectivity index (χ3v) is 5.30. The Hall–Kier alpha value is -3.10. The molecule has 0 spiro atoms. The van der Waals surface area contributed by atoms with Gasteiger partial charge in [0.25, 0.3) is 5.56 Å². The highest BCUT2D eigenvalue weighted by Crippen LogP contribution is 2.33. The number of benzene rings is 1. The lowest BCUT2D eigenvalue weighted by molar-refractivity contribution is 0.403. The molecule has 0 bridgehead atoms. The summed E-state index contributed by atoms with van der Waals surface area (Å²) in [6.45, 7) is 2.73. The number of hydrogen-bond acceptors (Lipinski definition) is 5. The first-order valence-corrected chi connectivity index (χ1v) is 9.43. The molecular formula is C20H18Cl2N6O2. The summed E-state index contributed by atoms with van der Waals surface area (Å²) in [4.78, 5) is 21.7. The van der Waals surface area contributed by atoms with E-state index in [-0.39, 0.29) is 30.3 Å². The van der Waals surface area contributed by atoms with E-state index in [1.807, 2.05) is 34.4 Å². The monoisotopic (exact) mass is 444 g/mol. The number of pyridine rings is 1. The van der Waals surface area contributed by atoms with Crippen LogP contribution < -0.4 is 10.3 Å². The molecule has 1 aliphatic rings. The number of halogens is 2. The van der Waals surface area contributed by atoms with Crippen LogP contribution in [-0.2, 0) is 13.1 Å². The Morgan fingerprint density at radius 1 is 1.27 bits per heavy atom. The average Bonchev–Trinajstić information content (AvgIpc) is 3.24. The second kappa shape index (κ2) is 7.62. The van der Waals surface area contributed by atoms with Gasteiger partial charge in [-0.3, -0.25) is 4.79 Å². The minimum absolute atomic E-state index is 0. The lowest BCUT2D eigenvalue weighted by Crippen LogP contribution is -2.21. The number of ether oxygens (including phenoxy) is 1. The molecule has 4 heterocycles. The predicted octanol–water partition coefficient (Wildman–Crippen LogP) is 3.09. The van der Waals surface area contributed by atoms with Crippen LogP contribution in [0.1, 0.15) is 17.2 Å². The van der Waals surface area contributed by atoms with Gasteiger partial charge < -0.3 is 13.9 Å². The van der Waals surface area contributed by atoms with E-state index in [2.05, 4.69) is 10.1 Å². The summed E-state index contributed by atoms with van der Waals surface area (Å²) in [7, 11) is 1.48. The number of fused-ring (bicyclic) bond motifs is 5. The maximum absolute atomic E-state index is 12.5. The first kappa shape index (κ1) is 20.2. The van der Waals surface area contributed by atoms with E-state index in [1.165, 1.54) is 11.7 Å². The van der Waals surface area contributed by atoms with Crippen molar-refractivity contribution in [3.05, 3.63) is 75.4 Å². The molecule has 0 N–H and O–H groups in total. The van der Waals surface area contributed by atoms with Gasteiger partial charge in [0, 0.05) is 16.8 Å². The Morgan fingerprint density at radius 3 is 2.90 bits per heavy atom. The van der Waals surface area contributed by atoms with E-state index < -0.39 is 0 Å². The van der Waals surface area contributed by atoms with E-state index in [0.29, 0.717) is 23.2 Å². The van der Waals surface area contributed by atoms with Crippen LogP contribution >= 0.6 is 24.0 Å². The molecule has 0 aliphatic carbocycles. The zero-order chi connectivity index (χ0) is 20.1. The molecule has 0 atom stereocenters. The molecule has 0 radical (unpaired) electrons. The molecule has 10 heteroatoms. The van der Waals surface area contributed by atoms with Crippen molar-refractivity contribution in [2.45, 2.75) is 20.0 Å². The third-order valence-electron chi connectivity index (χ3n) is 5.07. The number of methoxy groups -OCH3 is 1. The fourth-order valence-electron chi connectivity index (χ4n) is 3.61.